The molecular weight excluding hydrogens is 419 g/mol. The van der Waals surface area contributed by atoms with E-state index >= 15 is 0 Å². The van der Waals surface area contributed by atoms with E-state index in [0.717, 1.165) is 13.5 Å². The van der Waals surface area contributed by atoms with Crippen molar-refractivity contribution in [1.29, 1.82) is 0 Å². The van der Waals surface area contributed by atoms with E-state index in [2.05, 4.69) is 15.0 Å². The van der Waals surface area contributed by atoms with Gasteiger partial charge in [0, 0.05) is 38.8 Å². The van der Waals surface area contributed by atoms with Crippen molar-refractivity contribution >= 4 is 40.6 Å². The van der Waals surface area contributed by atoms with Crippen LogP contribution in [0.5, 0.6) is 0 Å². The van der Waals surface area contributed by atoms with Gasteiger partial charge in [0.1, 0.15) is 0 Å². The lowest BCUT2D eigenvalue weighted by molar-refractivity contribution is -0.170. The second-order valence-electron chi connectivity index (χ2n) is 7.08. The molecule has 1 aromatic carbocycles. The van der Waals surface area contributed by atoms with Gasteiger partial charge in [-0.1, -0.05) is 0 Å². The van der Waals surface area contributed by atoms with E-state index in [1.807, 2.05) is 0 Å². The second kappa shape index (κ2) is 8.82. The van der Waals surface area contributed by atoms with Crippen molar-refractivity contribution in [2.75, 3.05) is 37.5 Å². The number of methoxy groups -OCH3 is 1. The Morgan fingerprint density at radius 3 is 2.65 bits per heavy atom. The summed E-state index contributed by atoms with van der Waals surface area (Å²) in [4.78, 5) is 41.5. The molecular formula is C19H22F3N5O4. The zero-order chi connectivity index (χ0) is 22.8. The van der Waals surface area contributed by atoms with Crippen LogP contribution in [-0.2, 0) is 20.9 Å². The van der Waals surface area contributed by atoms with Crippen LogP contribution in [0.15, 0.2) is 18.2 Å². The topological polar surface area (TPSA) is 96.8 Å². The minimum absolute atomic E-state index is 0.00626. The number of carbonyl (C=O) groups is 3. The highest BCUT2D eigenvalue weighted by molar-refractivity contribution is 5.98. The number of carbonyl (C=O) groups excluding carboxylic acids is 3. The molecule has 2 heterocycles. The van der Waals surface area contributed by atoms with Crippen LogP contribution in [0.25, 0.3) is 11.0 Å². The van der Waals surface area contributed by atoms with Crippen LogP contribution < -0.4 is 10.2 Å². The molecule has 3 amide bonds. The number of halogens is 3. The number of rotatable bonds is 6. The van der Waals surface area contributed by atoms with Gasteiger partial charge in [0.2, 0.25) is 11.9 Å². The number of alkyl halides is 3. The molecule has 0 bridgehead atoms. The average Bonchev–Trinajstić information content (AvgIpc) is 3.28. The molecule has 168 valence electrons. The Morgan fingerprint density at radius 2 is 2.03 bits per heavy atom. The molecule has 1 aliphatic rings. The smallest absolute Gasteiger partial charge is 0.453 e. The van der Waals surface area contributed by atoms with Crippen LogP contribution in [-0.4, -0.2) is 65.8 Å². The van der Waals surface area contributed by atoms with Gasteiger partial charge in [-0.3, -0.25) is 14.9 Å². The van der Waals surface area contributed by atoms with Gasteiger partial charge in [0.25, 0.3) is 0 Å². The van der Waals surface area contributed by atoms with Gasteiger partial charge in [-0.05, 0) is 31.0 Å². The highest BCUT2D eigenvalue weighted by atomic mass is 19.4. The van der Waals surface area contributed by atoms with Crippen LogP contribution in [0, 0.1) is 0 Å². The number of nitrogens with zero attached hydrogens (tertiary/aromatic N) is 4. The fourth-order valence-corrected chi connectivity index (χ4v) is 3.46. The minimum atomic E-state index is -5.01. The Kier molecular flexibility index (Phi) is 6.37. The molecule has 0 saturated carbocycles. The second-order valence-corrected chi connectivity index (χ2v) is 7.08. The van der Waals surface area contributed by atoms with E-state index in [4.69, 9.17) is 0 Å². The van der Waals surface area contributed by atoms with E-state index in [0.29, 0.717) is 48.4 Å². The SMILES string of the molecule is COC(=O)Nc1nc2cc(N(C)C(=O)C(F)(F)F)ccc2n1CCCN1CCCC1=O. The summed E-state index contributed by atoms with van der Waals surface area (Å²) in [6.45, 7) is 1.65. The van der Waals surface area contributed by atoms with Crippen LogP contribution in [0.4, 0.5) is 29.6 Å². The third-order valence-corrected chi connectivity index (χ3v) is 5.05. The average molecular weight is 441 g/mol. The van der Waals surface area contributed by atoms with Crippen molar-refractivity contribution in [3.8, 4) is 0 Å². The van der Waals surface area contributed by atoms with Crippen LogP contribution in [0.1, 0.15) is 19.3 Å². The molecule has 0 aliphatic carbocycles. The summed E-state index contributed by atoms with van der Waals surface area (Å²) in [6.07, 6.45) is -3.81. The molecule has 12 heteroatoms. The van der Waals surface area contributed by atoms with Crippen molar-refractivity contribution in [2.45, 2.75) is 32.0 Å². The monoisotopic (exact) mass is 441 g/mol. The molecule has 1 aromatic heterocycles. The number of anilines is 2. The first-order valence-electron chi connectivity index (χ1n) is 9.59. The van der Waals surface area contributed by atoms with Gasteiger partial charge < -0.3 is 19.1 Å². The molecule has 1 fully saturated rings. The molecule has 1 aliphatic heterocycles. The molecule has 2 aromatic rings. The van der Waals surface area contributed by atoms with Gasteiger partial charge in [-0.25, -0.2) is 9.78 Å². The zero-order valence-corrected chi connectivity index (χ0v) is 17.0. The lowest BCUT2D eigenvalue weighted by Crippen LogP contribution is -2.38. The molecule has 1 N–H and O–H groups in total. The number of aromatic nitrogens is 2. The first-order valence-corrected chi connectivity index (χ1v) is 9.59. The number of fused-ring (bicyclic) bond motifs is 1. The highest BCUT2D eigenvalue weighted by Crippen LogP contribution is 2.28. The lowest BCUT2D eigenvalue weighted by atomic mass is 10.2. The number of benzene rings is 1. The number of ether oxygens (including phenoxy) is 1. The molecule has 31 heavy (non-hydrogen) atoms. The van der Waals surface area contributed by atoms with E-state index in [-0.39, 0.29) is 17.5 Å². The fourth-order valence-electron chi connectivity index (χ4n) is 3.46. The zero-order valence-electron chi connectivity index (χ0n) is 17.0. The van der Waals surface area contributed by atoms with Crippen molar-refractivity contribution in [1.82, 2.24) is 14.5 Å². The summed E-state index contributed by atoms with van der Waals surface area (Å²) in [5.41, 5.74) is 0.852. The van der Waals surface area contributed by atoms with Gasteiger partial charge >= 0.3 is 18.2 Å². The van der Waals surface area contributed by atoms with Crippen LogP contribution >= 0.6 is 0 Å². The molecule has 9 nitrogen and oxygen atoms in total. The van der Waals surface area contributed by atoms with Crippen molar-refractivity contribution in [2.24, 2.45) is 0 Å². The summed E-state index contributed by atoms with van der Waals surface area (Å²) >= 11 is 0. The van der Waals surface area contributed by atoms with E-state index in [1.165, 1.54) is 25.3 Å². The summed E-state index contributed by atoms with van der Waals surface area (Å²) in [5, 5.41) is 2.48. The summed E-state index contributed by atoms with van der Waals surface area (Å²) in [7, 11) is 2.21. The van der Waals surface area contributed by atoms with Crippen LogP contribution in [0.2, 0.25) is 0 Å². The van der Waals surface area contributed by atoms with Gasteiger partial charge in [-0.2, -0.15) is 13.2 Å². The number of aryl methyl sites for hydroxylation is 1. The first-order chi connectivity index (χ1) is 14.6. The first kappa shape index (κ1) is 22.4. The Hall–Kier alpha value is -3.31. The third kappa shape index (κ3) is 4.89. The molecule has 3 rings (SSSR count). The summed E-state index contributed by atoms with van der Waals surface area (Å²) < 4.78 is 44.5. The molecule has 0 radical (unpaired) electrons. The Bertz CT molecular complexity index is 1000. The van der Waals surface area contributed by atoms with Crippen molar-refractivity contribution in [3.05, 3.63) is 18.2 Å². The fraction of sp³-hybridized carbons (Fsp3) is 0.474. The largest absolute Gasteiger partial charge is 0.471 e. The van der Waals surface area contributed by atoms with E-state index < -0.39 is 18.2 Å². The number of amides is 3. The Balaban J connectivity index is 1.87. The van der Waals surface area contributed by atoms with Crippen molar-refractivity contribution < 1.29 is 32.3 Å². The maximum atomic E-state index is 12.7. The maximum absolute atomic E-state index is 12.7. The van der Waals surface area contributed by atoms with Gasteiger partial charge in [0.05, 0.1) is 18.1 Å². The van der Waals surface area contributed by atoms with Crippen molar-refractivity contribution in [3.63, 3.8) is 0 Å². The molecule has 1 saturated heterocycles. The predicted octanol–water partition coefficient (Wildman–Crippen LogP) is 2.75. The molecule has 0 unspecified atom stereocenters. The predicted molar refractivity (Wildman–Crippen MR) is 106 cm³/mol. The lowest BCUT2D eigenvalue weighted by Gasteiger charge is -2.19. The Morgan fingerprint density at radius 1 is 1.29 bits per heavy atom. The maximum Gasteiger partial charge on any atom is 0.471 e. The number of imidazole rings is 1. The summed E-state index contributed by atoms with van der Waals surface area (Å²) in [5.74, 6) is -1.75. The van der Waals surface area contributed by atoms with Crippen LogP contribution in [0.3, 0.4) is 0 Å². The molecule has 0 atom stereocenters. The van der Waals surface area contributed by atoms with E-state index in [1.54, 1.807) is 9.47 Å². The van der Waals surface area contributed by atoms with Gasteiger partial charge in [0.15, 0.2) is 0 Å². The third-order valence-electron chi connectivity index (χ3n) is 5.05. The number of hydrogen-bond donors (Lipinski definition) is 1. The highest BCUT2D eigenvalue weighted by Gasteiger charge is 2.41. The Labute approximate surface area is 175 Å². The summed E-state index contributed by atoms with van der Waals surface area (Å²) in [6, 6.07) is 4.24. The minimum Gasteiger partial charge on any atom is -0.453 e. The normalized spacial score (nSPS) is 14.2. The van der Waals surface area contributed by atoms with E-state index in [9.17, 15) is 27.6 Å². The van der Waals surface area contributed by atoms with Gasteiger partial charge in [-0.15, -0.1) is 0 Å². The number of hydrogen-bond acceptors (Lipinski definition) is 5. The number of nitrogens with one attached hydrogen (secondary N) is 1. The quantitative estimate of drug-likeness (QED) is 0.744. The number of likely N-dealkylation sites (tertiary alicyclic amines) is 1. The molecule has 0 spiro atoms. The standard InChI is InChI=1S/C19H22F3N5O4/c1-25(16(29)19(20,21)22)12-6-7-14-13(11-12)23-17(24-18(30)31-2)27(14)10-4-9-26-8-3-5-15(26)28/h6-7,11H,3-5,8-10H2,1-2H3,(H,23,24,30).